The van der Waals surface area contributed by atoms with Gasteiger partial charge in [-0.25, -0.2) is 22.8 Å². The number of benzene rings is 1. The van der Waals surface area contributed by atoms with Gasteiger partial charge in [0.05, 0.1) is 4.90 Å². The number of nitrogens with zero attached hydrogens (tertiary/aromatic N) is 2. The number of halogens is 1. The van der Waals surface area contributed by atoms with Crippen LogP contribution in [0.25, 0.3) is 0 Å². The molecule has 0 spiro atoms. The summed E-state index contributed by atoms with van der Waals surface area (Å²) in [4.78, 5) is 7.56. The van der Waals surface area contributed by atoms with E-state index in [1.807, 2.05) is 0 Å². The van der Waals surface area contributed by atoms with Crippen molar-refractivity contribution in [1.82, 2.24) is 9.97 Å². The maximum atomic E-state index is 13.8. The lowest BCUT2D eigenvalue weighted by molar-refractivity contribution is 0.422. The maximum absolute atomic E-state index is 13.8. The van der Waals surface area contributed by atoms with E-state index in [2.05, 4.69) is 9.97 Å². The normalized spacial score (nSPS) is 11.3. The van der Waals surface area contributed by atoms with E-state index in [4.69, 9.17) is 4.74 Å². The number of aromatic nitrogens is 2. The second-order valence-corrected chi connectivity index (χ2v) is 5.99. The topological polar surface area (TPSA) is 69.2 Å². The summed E-state index contributed by atoms with van der Waals surface area (Å²) < 4.78 is 41.6. The van der Waals surface area contributed by atoms with E-state index >= 15 is 0 Å². The Kier molecular flexibility index (Phi) is 3.48. The maximum Gasteiger partial charge on any atom is 0.225 e. The van der Waals surface area contributed by atoms with Gasteiger partial charge in [-0.15, -0.1) is 0 Å². The van der Waals surface area contributed by atoms with Gasteiger partial charge in [0, 0.05) is 18.0 Å². The molecule has 0 bridgehead atoms. The number of aryl methyl sites for hydroxylation is 1. The van der Waals surface area contributed by atoms with Crippen LogP contribution in [0.2, 0.25) is 0 Å². The molecule has 0 fully saturated rings. The zero-order chi connectivity index (χ0) is 14.0. The summed E-state index contributed by atoms with van der Waals surface area (Å²) >= 11 is 0. The zero-order valence-electron chi connectivity index (χ0n) is 10.3. The SMILES string of the molecule is Cc1cncnc1Oc1ccc(S(C)(=O)=O)cc1F. The molecule has 7 heteroatoms. The smallest absolute Gasteiger partial charge is 0.225 e. The van der Waals surface area contributed by atoms with Crippen molar-refractivity contribution in [1.29, 1.82) is 0 Å². The molecule has 0 amide bonds. The van der Waals surface area contributed by atoms with E-state index in [1.165, 1.54) is 24.7 Å². The Morgan fingerprint density at radius 2 is 2.05 bits per heavy atom. The van der Waals surface area contributed by atoms with Crippen molar-refractivity contribution in [3.05, 3.63) is 42.1 Å². The monoisotopic (exact) mass is 282 g/mol. The Morgan fingerprint density at radius 3 is 2.63 bits per heavy atom. The Morgan fingerprint density at radius 1 is 1.32 bits per heavy atom. The van der Waals surface area contributed by atoms with Crippen molar-refractivity contribution in [2.24, 2.45) is 0 Å². The summed E-state index contributed by atoms with van der Waals surface area (Å²) in [5.74, 6) is -0.629. The summed E-state index contributed by atoms with van der Waals surface area (Å²) in [6.07, 6.45) is 3.83. The molecule has 100 valence electrons. The quantitative estimate of drug-likeness (QED) is 0.862. The summed E-state index contributed by atoms with van der Waals surface area (Å²) in [6, 6.07) is 3.46. The standard InChI is InChI=1S/C12H11FN2O3S/c1-8-6-14-7-15-12(8)18-11-4-3-9(5-10(11)13)19(2,16)17/h3-7H,1-2H3. The molecule has 5 nitrogen and oxygen atoms in total. The van der Waals surface area contributed by atoms with Gasteiger partial charge in [0.2, 0.25) is 5.88 Å². The minimum atomic E-state index is -3.44. The van der Waals surface area contributed by atoms with E-state index in [9.17, 15) is 12.8 Å². The van der Waals surface area contributed by atoms with Crippen molar-refractivity contribution in [3.63, 3.8) is 0 Å². The van der Waals surface area contributed by atoms with E-state index in [0.717, 1.165) is 12.3 Å². The molecule has 0 aliphatic heterocycles. The van der Waals surface area contributed by atoms with E-state index in [-0.39, 0.29) is 16.5 Å². The highest BCUT2D eigenvalue weighted by atomic mass is 32.2. The van der Waals surface area contributed by atoms with Gasteiger partial charge >= 0.3 is 0 Å². The fraction of sp³-hybridized carbons (Fsp3) is 0.167. The van der Waals surface area contributed by atoms with Crippen LogP contribution in [0.15, 0.2) is 35.6 Å². The largest absolute Gasteiger partial charge is 0.436 e. The van der Waals surface area contributed by atoms with Gasteiger partial charge in [0.25, 0.3) is 0 Å². The second-order valence-electron chi connectivity index (χ2n) is 3.98. The number of rotatable bonds is 3. The summed E-state index contributed by atoms with van der Waals surface area (Å²) in [5, 5.41) is 0. The predicted molar refractivity (Wildman–Crippen MR) is 66.4 cm³/mol. The minimum absolute atomic E-state index is 0.0887. The first kappa shape index (κ1) is 13.4. The first-order valence-corrected chi connectivity index (χ1v) is 7.21. The van der Waals surface area contributed by atoms with Gasteiger partial charge in [-0.3, -0.25) is 0 Å². The predicted octanol–water partition coefficient (Wildman–Crippen LogP) is 2.12. The molecular weight excluding hydrogens is 271 g/mol. The first-order chi connectivity index (χ1) is 8.88. The van der Waals surface area contributed by atoms with Gasteiger partial charge in [0.1, 0.15) is 6.33 Å². The lowest BCUT2D eigenvalue weighted by Gasteiger charge is -2.08. The lowest BCUT2D eigenvalue weighted by Crippen LogP contribution is -1.99. The highest BCUT2D eigenvalue weighted by Gasteiger charge is 2.13. The summed E-state index contributed by atoms with van der Waals surface area (Å²) in [5.41, 5.74) is 0.647. The van der Waals surface area contributed by atoms with Crippen LogP contribution in [0, 0.1) is 12.7 Å². The van der Waals surface area contributed by atoms with Gasteiger partial charge < -0.3 is 4.74 Å². The van der Waals surface area contributed by atoms with Crippen LogP contribution in [-0.4, -0.2) is 24.6 Å². The molecule has 2 aromatic rings. The molecule has 0 radical (unpaired) electrons. The van der Waals surface area contributed by atoms with Crippen LogP contribution >= 0.6 is 0 Å². The van der Waals surface area contributed by atoms with Crippen LogP contribution in [-0.2, 0) is 9.84 Å². The van der Waals surface area contributed by atoms with E-state index in [0.29, 0.717) is 5.56 Å². The Balaban J connectivity index is 2.36. The van der Waals surface area contributed by atoms with Gasteiger partial charge in [-0.2, -0.15) is 0 Å². The number of sulfone groups is 1. The lowest BCUT2D eigenvalue weighted by atomic mass is 10.3. The van der Waals surface area contributed by atoms with Crippen molar-refractivity contribution in [2.75, 3.05) is 6.26 Å². The fourth-order valence-corrected chi connectivity index (χ4v) is 2.03. The van der Waals surface area contributed by atoms with Crippen molar-refractivity contribution in [3.8, 4) is 11.6 Å². The molecule has 0 aliphatic rings. The van der Waals surface area contributed by atoms with Crippen LogP contribution < -0.4 is 4.74 Å². The molecular formula is C12H11FN2O3S. The molecule has 19 heavy (non-hydrogen) atoms. The molecule has 0 aliphatic carbocycles. The van der Waals surface area contributed by atoms with E-state index < -0.39 is 15.7 Å². The molecule has 0 N–H and O–H groups in total. The van der Waals surface area contributed by atoms with Crippen molar-refractivity contribution >= 4 is 9.84 Å². The first-order valence-electron chi connectivity index (χ1n) is 5.32. The van der Waals surface area contributed by atoms with Crippen LogP contribution in [0.5, 0.6) is 11.6 Å². The van der Waals surface area contributed by atoms with Crippen molar-refractivity contribution in [2.45, 2.75) is 11.8 Å². The Bertz CT molecular complexity index is 717. The highest BCUT2D eigenvalue weighted by molar-refractivity contribution is 7.90. The molecule has 0 atom stereocenters. The number of hydrogen-bond acceptors (Lipinski definition) is 5. The van der Waals surface area contributed by atoms with Gasteiger partial charge in [-0.1, -0.05) is 0 Å². The fourth-order valence-electron chi connectivity index (χ4n) is 1.39. The summed E-state index contributed by atoms with van der Waals surface area (Å²) in [6.45, 7) is 1.72. The summed E-state index contributed by atoms with van der Waals surface area (Å²) in [7, 11) is -3.44. The third-order valence-corrected chi connectivity index (χ3v) is 3.50. The Labute approximate surface area is 110 Å². The molecule has 1 aromatic carbocycles. The second kappa shape index (κ2) is 4.93. The third kappa shape index (κ3) is 3.05. The average Bonchev–Trinajstić information content (AvgIpc) is 2.33. The van der Waals surface area contributed by atoms with Gasteiger partial charge in [-0.05, 0) is 25.1 Å². The van der Waals surface area contributed by atoms with Crippen LogP contribution in [0.3, 0.4) is 0 Å². The molecule has 0 saturated carbocycles. The highest BCUT2D eigenvalue weighted by Crippen LogP contribution is 2.26. The van der Waals surface area contributed by atoms with Gasteiger partial charge in [0.15, 0.2) is 21.4 Å². The Hall–Kier alpha value is -2.02. The third-order valence-electron chi connectivity index (χ3n) is 2.39. The van der Waals surface area contributed by atoms with Crippen molar-refractivity contribution < 1.29 is 17.5 Å². The zero-order valence-corrected chi connectivity index (χ0v) is 11.1. The van der Waals surface area contributed by atoms with Crippen LogP contribution in [0.4, 0.5) is 4.39 Å². The molecule has 1 aromatic heterocycles. The van der Waals surface area contributed by atoms with Crippen LogP contribution in [0.1, 0.15) is 5.56 Å². The van der Waals surface area contributed by atoms with E-state index in [1.54, 1.807) is 6.92 Å². The molecule has 0 unspecified atom stereocenters. The minimum Gasteiger partial charge on any atom is -0.436 e. The molecule has 0 saturated heterocycles. The molecule has 1 heterocycles. The number of ether oxygens (including phenoxy) is 1. The average molecular weight is 282 g/mol. The number of hydrogen-bond donors (Lipinski definition) is 0. The molecule has 2 rings (SSSR count).